The smallest absolute Gasteiger partial charge is 0.330 e. The van der Waals surface area contributed by atoms with Gasteiger partial charge in [0.1, 0.15) is 11.5 Å². The van der Waals surface area contributed by atoms with Crippen molar-refractivity contribution in [3.8, 4) is 0 Å². The van der Waals surface area contributed by atoms with Gasteiger partial charge in [0.15, 0.2) is 0 Å². The molecule has 0 aromatic carbocycles. The Hall–Kier alpha value is -1.72. The van der Waals surface area contributed by atoms with Crippen LogP contribution in [0.3, 0.4) is 0 Å². The van der Waals surface area contributed by atoms with E-state index < -0.39 is 11.2 Å². The first-order valence-electron chi connectivity index (χ1n) is 7.07. The van der Waals surface area contributed by atoms with Gasteiger partial charge in [0.05, 0.1) is 0 Å². The number of aromatic nitrogens is 2. The van der Waals surface area contributed by atoms with Crippen molar-refractivity contribution in [1.82, 2.24) is 9.55 Å². The summed E-state index contributed by atoms with van der Waals surface area (Å²) in [4.78, 5) is 25.9. The van der Waals surface area contributed by atoms with Crippen LogP contribution < -0.4 is 22.3 Å². The standard InChI is InChI=1S/C14H26N4O2/c1-6-7-18-11(15)10(12(19)17-13(18)20)16-8-14(4,5)9(2)3/h9,16H,6-8,15H2,1-5H3,(H,17,19,20). The van der Waals surface area contributed by atoms with Crippen LogP contribution in [0.2, 0.25) is 0 Å². The molecular weight excluding hydrogens is 256 g/mol. The lowest BCUT2D eigenvalue weighted by Gasteiger charge is -2.30. The van der Waals surface area contributed by atoms with Gasteiger partial charge in [-0.25, -0.2) is 4.79 Å². The maximum Gasteiger partial charge on any atom is 0.330 e. The molecule has 0 unspecified atom stereocenters. The molecule has 1 aromatic rings. The Labute approximate surface area is 119 Å². The third-order valence-corrected chi connectivity index (χ3v) is 3.97. The normalized spacial score (nSPS) is 11.9. The van der Waals surface area contributed by atoms with E-state index in [9.17, 15) is 9.59 Å². The molecule has 114 valence electrons. The van der Waals surface area contributed by atoms with E-state index >= 15 is 0 Å². The van der Waals surface area contributed by atoms with Crippen molar-refractivity contribution in [2.24, 2.45) is 11.3 Å². The molecule has 0 aliphatic rings. The van der Waals surface area contributed by atoms with Crippen LogP contribution in [0.5, 0.6) is 0 Å². The van der Waals surface area contributed by atoms with Crippen LogP contribution >= 0.6 is 0 Å². The van der Waals surface area contributed by atoms with Crippen molar-refractivity contribution in [3.05, 3.63) is 20.8 Å². The van der Waals surface area contributed by atoms with Gasteiger partial charge in [-0.05, 0) is 17.8 Å². The van der Waals surface area contributed by atoms with Crippen LogP contribution in [0.15, 0.2) is 9.59 Å². The molecule has 0 aliphatic heterocycles. The van der Waals surface area contributed by atoms with E-state index in [2.05, 4.69) is 38.0 Å². The molecule has 0 bridgehead atoms. The van der Waals surface area contributed by atoms with Gasteiger partial charge in [-0.1, -0.05) is 34.6 Å². The second-order valence-electron chi connectivity index (χ2n) is 6.17. The Morgan fingerprint density at radius 3 is 2.45 bits per heavy atom. The van der Waals surface area contributed by atoms with Gasteiger partial charge >= 0.3 is 5.69 Å². The number of rotatable bonds is 6. The van der Waals surface area contributed by atoms with Crippen molar-refractivity contribution < 1.29 is 0 Å². The van der Waals surface area contributed by atoms with Crippen molar-refractivity contribution >= 4 is 11.5 Å². The zero-order valence-corrected chi connectivity index (χ0v) is 13.0. The third kappa shape index (κ3) is 3.43. The van der Waals surface area contributed by atoms with Crippen molar-refractivity contribution in [2.75, 3.05) is 17.6 Å². The SMILES string of the molecule is CCCn1c(N)c(NCC(C)(C)C(C)C)c(=O)[nH]c1=O. The largest absolute Gasteiger partial charge is 0.383 e. The Bertz CT molecular complexity index is 570. The summed E-state index contributed by atoms with van der Waals surface area (Å²) in [7, 11) is 0. The van der Waals surface area contributed by atoms with Gasteiger partial charge < -0.3 is 11.1 Å². The van der Waals surface area contributed by atoms with Crippen molar-refractivity contribution in [3.63, 3.8) is 0 Å². The molecule has 0 atom stereocenters. The molecular formula is C14H26N4O2. The minimum Gasteiger partial charge on any atom is -0.383 e. The lowest BCUT2D eigenvalue weighted by molar-refractivity contribution is 0.269. The van der Waals surface area contributed by atoms with E-state index in [0.29, 0.717) is 19.0 Å². The minimum absolute atomic E-state index is 0.0185. The summed E-state index contributed by atoms with van der Waals surface area (Å²) in [6.07, 6.45) is 0.771. The van der Waals surface area contributed by atoms with Gasteiger partial charge in [0.2, 0.25) is 0 Å². The molecule has 0 amide bonds. The van der Waals surface area contributed by atoms with Gasteiger partial charge in [0, 0.05) is 13.1 Å². The minimum atomic E-state index is -0.459. The highest BCUT2D eigenvalue weighted by Crippen LogP contribution is 2.26. The van der Waals surface area contributed by atoms with Gasteiger partial charge in [-0.15, -0.1) is 0 Å². The Kier molecular flexibility index (Phi) is 5.03. The summed E-state index contributed by atoms with van der Waals surface area (Å²) in [5.74, 6) is 0.664. The number of hydrogen-bond acceptors (Lipinski definition) is 4. The van der Waals surface area contributed by atoms with E-state index in [1.807, 2.05) is 6.92 Å². The topological polar surface area (TPSA) is 92.9 Å². The molecule has 6 nitrogen and oxygen atoms in total. The average molecular weight is 282 g/mol. The number of nitrogens with zero attached hydrogens (tertiary/aromatic N) is 1. The Morgan fingerprint density at radius 1 is 1.35 bits per heavy atom. The highest BCUT2D eigenvalue weighted by atomic mass is 16.2. The summed E-state index contributed by atoms with van der Waals surface area (Å²) in [6.45, 7) is 11.6. The molecule has 0 saturated carbocycles. The molecule has 0 fully saturated rings. The zero-order chi connectivity index (χ0) is 15.5. The Balaban J connectivity index is 3.10. The fraction of sp³-hybridized carbons (Fsp3) is 0.714. The van der Waals surface area contributed by atoms with Crippen molar-refractivity contribution in [1.29, 1.82) is 0 Å². The van der Waals surface area contributed by atoms with Crippen LogP contribution in [-0.4, -0.2) is 16.1 Å². The lowest BCUT2D eigenvalue weighted by atomic mass is 9.81. The predicted octanol–water partition coefficient (Wildman–Crippen LogP) is 1.62. The fourth-order valence-corrected chi connectivity index (χ4v) is 1.72. The van der Waals surface area contributed by atoms with E-state index in [1.165, 1.54) is 4.57 Å². The van der Waals surface area contributed by atoms with Crippen LogP contribution in [0, 0.1) is 11.3 Å². The van der Waals surface area contributed by atoms with Crippen LogP contribution in [0.1, 0.15) is 41.0 Å². The number of nitrogens with one attached hydrogen (secondary N) is 2. The van der Waals surface area contributed by atoms with Crippen LogP contribution in [0.25, 0.3) is 0 Å². The molecule has 0 saturated heterocycles. The second-order valence-corrected chi connectivity index (χ2v) is 6.17. The van der Waals surface area contributed by atoms with E-state index in [1.54, 1.807) is 0 Å². The average Bonchev–Trinajstić information content (AvgIpc) is 2.33. The molecule has 20 heavy (non-hydrogen) atoms. The van der Waals surface area contributed by atoms with E-state index in [4.69, 9.17) is 5.73 Å². The number of H-pyrrole nitrogens is 1. The monoisotopic (exact) mass is 282 g/mol. The molecule has 0 spiro atoms. The summed E-state index contributed by atoms with van der Waals surface area (Å²) in [6, 6.07) is 0. The third-order valence-electron chi connectivity index (χ3n) is 3.97. The highest BCUT2D eigenvalue weighted by molar-refractivity contribution is 5.60. The van der Waals surface area contributed by atoms with Gasteiger partial charge in [-0.2, -0.15) is 0 Å². The molecule has 6 heteroatoms. The zero-order valence-electron chi connectivity index (χ0n) is 13.0. The molecule has 0 aliphatic carbocycles. The first-order valence-corrected chi connectivity index (χ1v) is 7.07. The van der Waals surface area contributed by atoms with Crippen LogP contribution in [-0.2, 0) is 6.54 Å². The number of nitrogen functional groups attached to an aromatic ring is 1. The molecule has 0 radical (unpaired) electrons. The van der Waals surface area contributed by atoms with Crippen LogP contribution in [0.4, 0.5) is 11.5 Å². The van der Waals surface area contributed by atoms with E-state index in [0.717, 1.165) is 6.42 Å². The predicted molar refractivity (Wildman–Crippen MR) is 83.1 cm³/mol. The summed E-state index contributed by atoms with van der Waals surface area (Å²) < 4.78 is 1.39. The second kappa shape index (κ2) is 6.15. The molecule has 1 aromatic heterocycles. The maximum absolute atomic E-state index is 11.9. The van der Waals surface area contributed by atoms with Gasteiger partial charge in [-0.3, -0.25) is 14.3 Å². The first kappa shape index (κ1) is 16.3. The number of anilines is 2. The quantitative estimate of drug-likeness (QED) is 0.739. The molecule has 1 heterocycles. The number of hydrogen-bond donors (Lipinski definition) is 3. The Morgan fingerprint density at radius 2 is 1.95 bits per heavy atom. The lowest BCUT2D eigenvalue weighted by Crippen LogP contribution is -2.36. The number of nitrogens with two attached hydrogens (primary N) is 1. The first-order chi connectivity index (χ1) is 9.20. The molecule has 4 N–H and O–H groups in total. The highest BCUT2D eigenvalue weighted by Gasteiger charge is 2.23. The van der Waals surface area contributed by atoms with Crippen molar-refractivity contribution in [2.45, 2.75) is 47.6 Å². The van der Waals surface area contributed by atoms with E-state index in [-0.39, 0.29) is 16.9 Å². The summed E-state index contributed by atoms with van der Waals surface area (Å²) in [5, 5.41) is 3.10. The number of aromatic amines is 1. The van der Waals surface area contributed by atoms with Gasteiger partial charge in [0.25, 0.3) is 5.56 Å². The summed E-state index contributed by atoms with van der Waals surface area (Å²) in [5.41, 5.74) is 5.35. The maximum atomic E-state index is 11.9. The molecule has 1 rings (SSSR count). The summed E-state index contributed by atoms with van der Waals surface area (Å²) >= 11 is 0. The fourth-order valence-electron chi connectivity index (χ4n) is 1.72.